The lowest BCUT2D eigenvalue weighted by molar-refractivity contribution is 0.112. The molecule has 4 aromatic rings. The van der Waals surface area contributed by atoms with Crippen molar-refractivity contribution in [3.8, 4) is 22.4 Å². The van der Waals surface area contributed by atoms with E-state index >= 15 is 0 Å². The van der Waals surface area contributed by atoms with E-state index in [1.807, 2.05) is 54.9 Å². The van der Waals surface area contributed by atoms with Crippen LogP contribution in [0.4, 0.5) is 0 Å². The molecule has 0 N–H and O–H groups in total. The van der Waals surface area contributed by atoms with Gasteiger partial charge >= 0.3 is 0 Å². The summed E-state index contributed by atoms with van der Waals surface area (Å²) in [7, 11) is 0. The predicted molar refractivity (Wildman–Crippen MR) is 91.5 cm³/mol. The van der Waals surface area contributed by atoms with Crippen molar-refractivity contribution in [2.75, 3.05) is 0 Å². The van der Waals surface area contributed by atoms with Crippen LogP contribution in [0.15, 0.2) is 79.1 Å². The zero-order chi connectivity index (χ0) is 15.6. The summed E-state index contributed by atoms with van der Waals surface area (Å²) in [6.07, 6.45) is 4.78. The molecule has 0 fully saturated rings. The van der Waals surface area contributed by atoms with Crippen LogP contribution < -0.4 is 0 Å². The zero-order valence-electron chi connectivity index (χ0n) is 12.4. The zero-order valence-corrected chi connectivity index (χ0v) is 12.4. The van der Waals surface area contributed by atoms with E-state index in [2.05, 4.69) is 33.7 Å². The molecule has 2 heterocycles. The first-order chi connectivity index (χ1) is 11.3. The molecule has 4 rings (SSSR count). The van der Waals surface area contributed by atoms with E-state index in [4.69, 9.17) is 0 Å². The standard InChI is InChI=1S/C20H14N2O/c23-14-15-6-8-16(9-7-15)18-10-11-22-19(13-21-20(22)12-18)17-4-2-1-3-5-17/h1-14H. The Balaban J connectivity index is 1.79. The smallest absolute Gasteiger partial charge is 0.150 e. The van der Waals surface area contributed by atoms with Gasteiger partial charge in [0, 0.05) is 17.3 Å². The highest BCUT2D eigenvalue weighted by atomic mass is 16.1. The minimum Gasteiger partial charge on any atom is -0.300 e. The number of carbonyl (C=O) groups is 1. The highest BCUT2D eigenvalue weighted by molar-refractivity contribution is 5.77. The maximum absolute atomic E-state index is 10.8. The maximum atomic E-state index is 10.8. The molecule has 0 unspecified atom stereocenters. The number of hydrogen-bond acceptors (Lipinski definition) is 2. The summed E-state index contributed by atoms with van der Waals surface area (Å²) in [5.74, 6) is 0. The van der Waals surface area contributed by atoms with Gasteiger partial charge in [-0.05, 0) is 23.3 Å². The minimum atomic E-state index is 0.682. The summed E-state index contributed by atoms with van der Waals surface area (Å²) in [5, 5.41) is 0. The molecule has 2 aromatic heterocycles. The van der Waals surface area contributed by atoms with Crippen LogP contribution in [0.2, 0.25) is 0 Å². The third kappa shape index (κ3) is 2.42. The molecule has 23 heavy (non-hydrogen) atoms. The summed E-state index contributed by atoms with van der Waals surface area (Å²) in [6.45, 7) is 0. The van der Waals surface area contributed by atoms with Crippen LogP contribution in [0.1, 0.15) is 10.4 Å². The normalized spacial score (nSPS) is 10.8. The Bertz CT molecular complexity index is 970. The summed E-state index contributed by atoms with van der Waals surface area (Å²) in [6, 6.07) is 21.9. The second kappa shape index (κ2) is 5.54. The van der Waals surface area contributed by atoms with Crippen LogP contribution >= 0.6 is 0 Å². The maximum Gasteiger partial charge on any atom is 0.150 e. The largest absolute Gasteiger partial charge is 0.300 e. The molecule has 3 heteroatoms. The predicted octanol–water partition coefficient (Wildman–Crippen LogP) is 4.48. The molecule has 0 aliphatic rings. The van der Waals surface area contributed by atoms with Crippen molar-refractivity contribution in [2.45, 2.75) is 0 Å². The third-order valence-corrected chi connectivity index (χ3v) is 3.96. The molecule has 0 aliphatic carbocycles. The van der Waals surface area contributed by atoms with Crippen molar-refractivity contribution in [3.05, 3.63) is 84.7 Å². The van der Waals surface area contributed by atoms with Crippen molar-refractivity contribution in [3.63, 3.8) is 0 Å². The highest BCUT2D eigenvalue weighted by Gasteiger charge is 2.07. The van der Waals surface area contributed by atoms with Gasteiger partial charge < -0.3 is 0 Å². The minimum absolute atomic E-state index is 0.682. The van der Waals surface area contributed by atoms with E-state index in [1.54, 1.807) is 0 Å². The van der Waals surface area contributed by atoms with Gasteiger partial charge in [-0.1, -0.05) is 54.6 Å². The van der Waals surface area contributed by atoms with Gasteiger partial charge in [0.1, 0.15) is 11.9 Å². The fourth-order valence-corrected chi connectivity index (χ4v) is 2.74. The number of hydrogen-bond donors (Lipinski definition) is 0. The van der Waals surface area contributed by atoms with E-state index in [1.165, 1.54) is 0 Å². The first-order valence-electron chi connectivity index (χ1n) is 7.43. The Morgan fingerprint density at radius 3 is 2.35 bits per heavy atom. The van der Waals surface area contributed by atoms with Crippen LogP contribution in [0.25, 0.3) is 28.0 Å². The van der Waals surface area contributed by atoms with E-state index < -0.39 is 0 Å². The Kier molecular flexibility index (Phi) is 3.24. The molecule has 0 aliphatic heterocycles. The van der Waals surface area contributed by atoms with Gasteiger partial charge in [0.15, 0.2) is 0 Å². The molecule has 0 saturated carbocycles. The summed E-state index contributed by atoms with van der Waals surface area (Å²) >= 11 is 0. The topological polar surface area (TPSA) is 34.4 Å². The quantitative estimate of drug-likeness (QED) is 0.523. The van der Waals surface area contributed by atoms with Crippen LogP contribution in [-0.2, 0) is 0 Å². The highest BCUT2D eigenvalue weighted by Crippen LogP contribution is 2.25. The van der Waals surface area contributed by atoms with Crippen molar-refractivity contribution in [1.29, 1.82) is 0 Å². The molecular formula is C20H14N2O. The molecule has 0 amide bonds. The summed E-state index contributed by atoms with van der Waals surface area (Å²) < 4.78 is 2.08. The third-order valence-electron chi connectivity index (χ3n) is 3.96. The molecule has 3 nitrogen and oxygen atoms in total. The van der Waals surface area contributed by atoms with E-state index in [-0.39, 0.29) is 0 Å². The van der Waals surface area contributed by atoms with Gasteiger partial charge in [-0.15, -0.1) is 0 Å². The number of benzene rings is 2. The average Bonchev–Trinajstić information content (AvgIpc) is 3.06. The number of nitrogens with zero attached hydrogens (tertiary/aromatic N) is 2. The average molecular weight is 298 g/mol. The number of imidazole rings is 1. The van der Waals surface area contributed by atoms with E-state index in [0.717, 1.165) is 34.3 Å². The Morgan fingerprint density at radius 1 is 0.826 bits per heavy atom. The van der Waals surface area contributed by atoms with Crippen molar-refractivity contribution >= 4 is 11.9 Å². The van der Waals surface area contributed by atoms with Gasteiger partial charge in [0.05, 0.1) is 11.9 Å². The lowest BCUT2D eigenvalue weighted by Crippen LogP contribution is -1.89. The summed E-state index contributed by atoms with van der Waals surface area (Å²) in [4.78, 5) is 15.3. The SMILES string of the molecule is O=Cc1ccc(-c2ccn3c(-c4ccccc4)cnc3c2)cc1. The lowest BCUT2D eigenvalue weighted by atomic mass is 10.1. The fraction of sp³-hybridized carbons (Fsp3) is 0. The number of aldehydes is 1. The molecule has 110 valence electrons. The van der Waals surface area contributed by atoms with Crippen LogP contribution in [-0.4, -0.2) is 15.7 Å². The Morgan fingerprint density at radius 2 is 1.61 bits per heavy atom. The lowest BCUT2D eigenvalue weighted by Gasteiger charge is -2.05. The van der Waals surface area contributed by atoms with Crippen molar-refractivity contribution in [1.82, 2.24) is 9.38 Å². The fourth-order valence-electron chi connectivity index (χ4n) is 2.74. The van der Waals surface area contributed by atoms with Crippen LogP contribution in [0.3, 0.4) is 0 Å². The van der Waals surface area contributed by atoms with Gasteiger partial charge in [0.2, 0.25) is 0 Å². The number of pyridine rings is 1. The van der Waals surface area contributed by atoms with Crippen LogP contribution in [0, 0.1) is 0 Å². The summed E-state index contributed by atoms with van der Waals surface area (Å²) in [5.41, 5.74) is 5.96. The van der Waals surface area contributed by atoms with Crippen molar-refractivity contribution < 1.29 is 4.79 Å². The Labute approximate surface area is 133 Å². The molecule has 0 atom stereocenters. The molecule has 0 bridgehead atoms. The number of rotatable bonds is 3. The Hall–Kier alpha value is -3.20. The molecular weight excluding hydrogens is 284 g/mol. The first-order valence-corrected chi connectivity index (χ1v) is 7.43. The van der Waals surface area contributed by atoms with Gasteiger partial charge in [-0.2, -0.15) is 0 Å². The number of carbonyl (C=O) groups excluding carboxylic acids is 1. The van der Waals surface area contributed by atoms with Crippen molar-refractivity contribution in [2.24, 2.45) is 0 Å². The van der Waals surface area contributed by atoms with Gasteiger partial charge in [-0.3, -0.25) is 9.20 Å². The second-order valence-corrected chi connectivity index (χ2v) is 5.39. The molecule has 0 spiro atoms. The second-order valence-electron chi connectivity index (χ2n) is 5.39. The monoisotopic (exact) mass is 298 g/mol. The number of aromatic nitrogens is 2. The number of fused-ring (bicyclic) bond motifs is 1. The molecule has 2 aromatic carbocycles. The molecule has 0 saturated heterocycles. The van der Waals surface area contributed by atoms with E-state index in [0.29, 0.717) is 5.56 Å². The first kappa shape index (κ1) is 13.5. The molecule has 0 radical (unpaired) electrons. The van der Waals surface area contributed by atoms with Gasteiger partial charge in [-0.25, -0.2) is 4.98 Å². The van der Waals surface area contributed by atoms with Crippen LogP contribution in [0.5, 0.6) is 0 Å². The van der Waals surface area contributed by atoms with E-state index in [9.17, 15) is 4.79 Å². The van der Waals surface area contributed by atoms with Gasteiger partial charge in [0.25, 0.3) is 0 Å².